The summed E-state index contributed by atoms with van der Waals surface area (Å²) in [6, 6.07) is 2.10. The number of epoxide rings is 1. The lowest BCUT2D eigenvalue weighted by Gasteiger charge is -2.38. The van der Waals surface area contributed by atoms with E-state index < -0.39 is 0 Å². The number of methoxy groups -OCH3 is 1. The molecular weight excluding hydrogens is 572 g/mol. The second-order valence-corrected chi connectivity index (χ2v) is 15.5. The molecular formula is C35H56N4O6. The maximum atomic E-state index is 14.4. The standard InChI is InChI=1S/C35H56N4O6/c1-10-43-20-35(15-21(2)3)16-28(35)37-30(40)23-13-24(19-38(18-23)32-33(44-32)45-34(6,7)8)31(41)39(25-11-12-25)29-14-27(42-9)26(17-36-29)22(4)5/h14,17,21-25,28,32-33H,10-13,15-16,18-20H2,1-9H3,(H,37,40)/t23-,24+,28?,32?,33?,35?/m0/s1. The van der Waals surface area contributed by atoms with Gasteiger partial charge in [0.15, 0.2) is 12.5 Å². The number of carbonyl (C=O) groups is 2. The van der Waals surface area contributed by atoms with Gasteiger partial charge >= 0.3 is 0 Å². The van der Waals surface area contributed by atoms with Crippen molar-refractivity contribution in [2.45, 2.75) is 124 Å². The molecule has 10 nitrogen and oxygen atoms in total. The van der Waals surface area contributed by atoms with Crippen molar-refractivity contribution in [2.24, 2.45) is 23.2 Å². The number of hydrogen-bond acceptors (Lipinski definition) is 8. The van der Waals surface area contributed by atoms with Gasteiger partial charge in [0.2, 0.25) is 11.8 Å². The molecule has 2 saturated carbocycles. The van der Waals surface area contributed by atoms with E-state index in [1.807, 2.05) is 44.9 Å². The molecule has 2 aliphatic heterocycles. The number of amides is 2. The topological polar surface area (TPSA) is 106 Å². The Hall–Kier alpha value is -2.27. The fourth-order valence-corrected chi connectivity index (χ4v) is 7.09. The molecule has 252 valence electrons. The molecule has 0 radical (unpaired) electrons. The van der Waals surface area contributed by atoms with Crippen molar-refractivity contribution in [1.82, 2.24) is 15.2 Å². The molecule has 6 atom stereocenters. The summed E-state index contributed by atoms with van der Waals surface area (Å²) in [5.74, 6) is 1.42. The molecule has 3 heterocycles. The van der Waals surface area contributed by atoms with Gasteiger partial charge in [-0.25, -0.2) is 4.98 Å². The second-order valence-electron chi connectivity index (χ2n) is 15.5. The Balaban J connectivity index is 1.35. The molecule has 2 amide bonds. The van der Waals surface area contributed by atoms with Crippen LogP contribution in [0.15, 0.2) is 12.3 Å². The van der Waals surface area contributed by atoms with E-state index in [0.29, 0.717) is 44.5 Å². The normalized spacial score (nSPS) is 30.0. The SMILES string of the molecule is CCOCC1(CC(C)C)CC1NC(=O)[C@H]1C[C@@H](C(=O)N(c2cc(OC)c(C(C)C)cn2)C2CC2)CN(C2OC2OC(C)(C)C)C1. The smallest absolute Gasteiger partial charge is 0.232 e. The summed E-state index contributed by atoms with van der Waals surface area (Å²) in [5.41, 5.74) is 0.645. The van der Waals surface area contributed by atoms with Crippen molar-refractivity contribution in [3.8, 4) is 5.75 Å². The van der Waals surface area contributed by atoms with Crippen LogP contribution < -0.4 is 15.0 Å². The monoisotopic (exact) mass is 628 g/mol. The first-order valence-corrected chi connectivity index (χ1v) is 17.1. The number of hydrogen-bond donors (Lipinski definition) is 1. The van der Waals surface area contributed by atoms with E-state index in [2.05, 4.69) is 37.9 Å². The van der Waals surface area contributed by atoms with Crippen molar-refractivity contribution >= 4 is 17.6 Å². The van der Waals surface area contributed by atoms with Crippen LogP contribution in [0, 0.1) is 23.2 Å². The van der Waals surface area contributed by atoms with Crippen LogP contribution in [0.25, 0.3) is 0 Å². The van der Waals surface area contributed by atoms with Gasteiger partial charge in [-0.2, -0.15) is 0 Å². The van der Waals surface area contributed by atoms with E-state index in [4.69, 9.17) is 23.9 Å². The number of aromatic nitrogens is 1. The molecule has 2 aliphatic carbocycles. The molecule has 5 rings (SSSR count). The number of anilines is 1. The zero-order valence-corrected chi connectivity index (χ0v) is 28.9. The van der Waals surface area contributed by atoms with E-state index in [9.17, 15) is 9.59 Å². The van der Waals surface area contributed by atoms with Gasteiger partial charge in [-0.3, -0.25) is 19.4 Å². The average Bonchev–Trinajstić information content (AvgIpc) is 3.88. The van der Waals surface area contributed by atoms with Crippen LogP contribution in [-0.2, 0) is 23.8 Å². The number of piperidine rings is 1. The first kappa shape index (κ1) is 34.1. The summed E-state index contributed by atoms with van der Waals surface area (Å²) in [5, 5.41) is 3.37. The van der Waals surface area contributed by atoms with Crippen LogP contribution in [-0.4, -0.2) is 85.3 Å². The lowest BCUT2D eigenvalue weighted by molar-refractivity contribution is -0.132. The van der Waals surface area contributed by atoms with Crippen molar-refractivity contribution in [3.05, 3.63) is 17.8 Å². The highest BCUT2D eigenvalue weighted by atomic mass is 16.8. The third-order valence-corrected chi connectivity index (χ3v) is 9.49. The van der Waals surface area contributed by atoms with Crippen molar-refractivity contribution < 1.29 is 28.5 Å². The summed E-state index contributed by atoms with van der Waals surface area (Å²) < 4.78 is 23.6. The predicted octanol–water partition coefficient (Wildman–Crippen LogP) is 5.10. The Morgan fingerprint density at radius 1 is 1.18 bits per heavy atom. The largest absolute Gasteiger partial charge is 0.496 e. The Bertz CT molecular complexity index is 1210. The number of carbonyl (C=O) groups excluding carboxylic acids is 2. The third-order valence-electron chi connectivity index (χ3n) is 9.49. The first-order valence-electron chi connectivity index (χ1n) is 17.1. The van der Waals surface area contributed by atoms with E-state index in [1.165, 1.54) is 0 Å². The van der Waals surface area contributed by atoms with Crippen LogP contribution in [0.2, 0.25) is 0 Å². The molecule has 0 bridgehead atoms. The van der Waals surface area contributed by atoms with Gasteiger partial charge in [0, 0.05) is 55.0 Å². The number of pyridine rings is 1. The minimum Gasteiger partial charge on any atom is -0.496 e. The van der Waals surface area contributed by atoms with E-state index >= 15 is 0 Å². The van der Waals surface area contributed by atoms with Gasteiger partial charge in [-0.05, 0) is 71.6 Å². The van der Waals surface area contributed by atoms with E-state index in [-0.39, 0.29) is 65.2 Å². The van der Waals surface area contributed by atoms with Crippen LogP contribution in [0.3, 0.4) is 0 Å². The summed E-state index contributed by atoms with van der Waals surface area (Å²) in [6.45, 7) is 19.0. The summed E-state index contributed by atoms with van der Waals surface area (Å²) >= 11 is 0. The molecule has 0 spiro atoms. The van der Waals surface area contributed by atoms with E-state index in [0.717, 1.165) is 37.0 Å². The fourth-order valence-electron chi connectivity index (χ4n) is 7.09. The lowest BCUT2D eigenvalue weighted by atomic mass is 9.87. The molecule has 0 aromatic carbocycles. The van der Waals surface area contributed by atoms with Gasteiger partial charge in [-0.1, -0.05) is 27.7 Å². The predicted molar refractivity (Wildman–Crippen MR) is 173 cm³/mol. The summed E-state index contributed by atoms with van der Waals surface area (Å²) in [7, 11) is 1.66. The molecule has 1 N–H and O–H groups in total. The molecule has 4 unspecified atom stereocenters. The number of ether oxygens (including phenoxy) is 4. The Morgan fingerprint density at radius 2 is 1.89 bits per heavy atom. The van der Waals surface area contributed by atoms with Crippen molar-refractivity contribution in [2.75, 3.05) is 38.3 Å². The maximum Gasteiger partial charge on any atom is 0.232 e. The quantitative estimate of drug-likeness (QED) is 0.284. The van der Waals surface area contributed by atoms with Gasteiger partial charge < -0.3 is 24.3 Å². The minimum atomic E-state index is -0.379. The number of likely N-dealkylation sites (tertiary alicyclic amines) is 1. The van der Waals surface area contributed by atoms with Crippen LogP contribution in [0.5, 0.6) is 5.75 Å². The number of nitrogens with zero attached hydrogens (tertiary/aromatic N) is 3. The highest BCUT2D eigenvalue weighted by Gasteiger charge is 2.56. The zero-order chi connectivity index (χ0) is 32.7. The molecule has 45 heavy (non-hydrogen) atoms. The highest BCUT2D eigenvalue weighted by molar-refractivity contribution is 5.96. The minimum absolute atomic E-state index is 0.00962. The zero-order valence-electron chi connectivity index (χ0n) is 28.9. The molecule has 1 aromatic rings. The maximum absolute atomic E-state index is 14.4. The van der Waals surface area contributed by atoms with E-state index in [1.54, 1.807) is 7.11 Å². The Kier molecular flexibility index (Phi) is 10.2. The lowest BCUT2D eigenvalue weighted by Crippen LogP contribution is -2.53. The third kappa shape index (κ3) is 8.18. The summed E-state index contributed by atoms with van der Waals surface area (Å²) in [6.07, 6.45) is 5.50. The number of nitrogens with one attached hydrogen (secondary N) is 1. The molecule has 1 aromatic heterocycles. The van der Waals surface area contributed by atoms with Gasteiger partial charge in [0.1, 0.15) is 11.6 Å². The molecule has 4 aliphatic rings. The number of rotatable bonds is 14. The van der Waals surface area contributed by atoms with Crippen LogP contribution in [0.4, 0.5) is 5.82 Å². The Morgan fingerprint density at radius 3 is 2.49 bits per heavy atom. The molecule has 10 heteroatoms. The first-order chi connectivity index (χ1) is 21.2. The average molecular weight is 629 g/mol. The van der Waals surface area contributed by atoms with Crippen molar-refractivity contribution in [1.29, 1.82) is 0 Å². The molecule has 2 saturated heterocycles. The highest BCUT2D eigenvalue weighted by Crippen LogP contribution is 2.51. The Labute approximate surface area is 269 Å². The van der Waals surface area contributed by atoms with Crippen LogP contribution >= 0.6 is 0 Å². The second kappa shape index (κ2) is 13.5. The molecule has 4 fully saturated rings. The fraction of sp³-hybridized carbons (Fsp3) is 0.800. The van der Waals surface area contributed by atoms with Gasteiger partial charge in [0.25, 0.3) is 0 Å². The van der Waals surface area contributed by atoms with Crippen molar-refractivity contribution in [3.63, 3.8) is 0 Å². The van der Waals surface area contributed by atoms with Gasteiger partial charge in [0.05, 0.1) is 31.2 Å². The van der Waals surface area contributed by atoms with Crippen LogP contribution in [0.1, 0.15) is 99.0 Å². The summed E-state index contributed by atoms with van der Waals surface area (Å²) in [4.78, 5) is 37.1. The van der Waals surface area contributed by atoms with Gasteiger partial charge in [-0.15, -0.1) is 0 Å².